The molecule has 170 valence electrons. The highest BCUT2D eigenvalue weighted by Gasteiger charge is 2.28. The summed E-state index contributed by atoms with van der Waals surface area (Å²) in [6, 6.07) is 0. The van der Waals surface area contributed by atoms with E-state index in [-0.39, 0.29) is 39.3 Å². The lowest BCUT2D eigenvalue weighted by Crippen LogP contribution is -2.10. The highest BCUT2D eigenvalue weighted by Crippen LogP contribution is 2.30. The van der Waals surface area contributed by atoms with Gasteiger partial charge in [-0.25, -0.2) is 29.5 Å². The second-order valence-electron chi connectivity index (χ2n) is 5.42. The van der Waals surface area contributed by atoms with E-state index in [0.717, 1.165) is 12.8 Å². The number of aromatic nitrogens is 4. The molecule has 1 aliphatic rings. The Morgan fingerprint density at radius 2 is 1.35 bits per heavy atom. The molecule has 12 heteroatoms. The third-order valence-corrected chi connectivity index (χ3v) is 3.97. The van der Waals surface area contributed by atoms with E-state index in [1.165, 1.54) is 26.9 Å². The summed E-state index contributed by atoms with van der Waals surface area (Å²) in [5.74, 6) is -0.862. The molecule has 0 bridgehead atoms. The zero-order valence-electron chi connectivity index (χ0n) is 17.8. The molecular weight excluding hydrogens is 451 g/mol. The molecule has 0 amide bonds. The third kappa shape index (κ3) is 7.80. The highest BCUT2D eigenvalue weighted by molar-refractivity contribution is 6.33. The fourth-order valence-electron chi connectivity index (χ4n) is 1.93. The van der Waals surface area contributed by atoms with Crippen molar-refractivity contribution in [1.29, 1.82) is 0 Å². The molecule has 1 fully saturated rings. The van der Waals surface area contributed by atoms with Crippen LogP contribution in [0.2, 0.25) is 10.3 Å². The van der Waals surface area contributed by atoms with Crippen LogP contribution in [-0.2, 0) is 9.47 Å². The van der Waals surface area contributed by atoms with Crippen molar-refractivity contribution in [3.63, 3.8) is 0 Å². The minimum atomic E-state index is -0.612. The lowest BCUT2D eigenvalue weighted by Gasteiger charge is -2.08. The second kappa shape index (κ2) is 13.6. The molecule has 10 nitrogen and oxygen atoms in total. The maximum Gasteiger partial charge on any atom is 0.346 e. The van der Waals surface area contributed by atoms with E-state index in [1.807, 2.05) is 13.8 Å². The molecule has 1 saturated carbocycles. The van der Waals surface area contributed by atoms with Gasteiger partial charge in [-0.3, -0.25) is 0 Å². The van der Waals surface area contributed by atoms with Crippen molar-refractivity contribution in [2.24, 2.45) is 0 Å². The first kappa shape index (κ1) is 26.3. The number of hydrogen-bond donors (Lipinski definition) is 0. The van der Waals surface area contributed by atoms with Gasteiger partial charge in [-0.15, -0.1) is 0 Å². The van der Waals surface area contributed by atoms with Gasteiger partial charge in [0.25, 0.3) is 0 Å². The average Bonchev–Trinajstić information content (AvgIpc) is 3.59. The Bertz CT molecular complexity index is 880. The first-order chi connectivity index (χ1) is 14.9. The van der Waals surface area contributed by atoms with Crippen LogP contribution in [0.3, 0.4) is 0 Å². The monoisotopic (exact) mass is 474 g/mol. The number of methoxy groups -OCH3 is 2. The van der Waals surface area contributed by atoms with Crippen molar-refractivity contribution in [3.8, 4) is 11.8 Å². The summed E-state index contributed by atoms with van der Waals surface area (Å²) in [6.45, 7) is 6.16. The topological polar surface area (TPSA) is 123 Å². The Kier molecular flexibility index (Phi) is 11.5. The number of hydrogen-bond acceptors (Lipinski definition) is 10. The quantitative estimate of drug-likeness (QED) is 0.450. The normalized spacial score (nSPS) is 11.7. The molecule has 2 aromatic heterocycles. The van der Waals surface area contributed by atoms with Gasteiger partial charge >= 0.3 is 11.9 Å². The Morgan fingerprint density at radius 1 is 0.903 bits per heavy atom. The van der Waals surface area contributed by atoms with Gasteiger partial charge in [0.05, 0.1) is 20.8 Å². The number of carbonyl (C=O) groups excluding carboxylic acids is 2. The molecule has 2 aromatic rings. The smallest absolute Gasteiger partial charge is 0.346 e. The Morgan fingerprint density at radius 3 is 1.77 bits per heavy atom. The van der Waals surface area contributed by atoms with E-state index in [2.05, 4.69) is 29.4 Å². The summed E-state index contributed by atoms with van der Waals surface area (Å²) in [6.07, 6.45) is 4.57. The maximum absolute atomic E-state index is 11.4. The van der Waals surface area contributed by atoms with E-state index in [0.29, 0.717) is 6.61 Å². The molecule has 0 aliphatic heterocycles. The second-order valence-corrected chi connectivity index (χ2v) is 6.14. The van der Waals surface area contributed by atoms with Gasteiger partial charge < -0.3 is 18.9 Å². The van der Waals surface area contributed by atoms with Crippen LogP contribution >= 0.6 is 23.2 Å². The van der Waals surface area contributed by atoms with E-state index < -0.39 is 11.9 Å². The molecule has 0 aromatic carbocycles. The van der Waals surface area contributed by atoms with Crippen LogP contribution in [-0.4, -0.2) is 58.8 Å². The molecule has 31 heavy (non-hydrogen) atoms. The summed E-state index contributed by atoms with van der Waals surface area (Å²) < 4.78 is 19.6. The molecule has 0 unspecified atom stereocenters. The molecule has 0 atom stereocenters. The van der Waals surface area contributed by atoms with Gasteiger partial charge in [0.15, 0.2) is 21.4 Å². The molecule has 3 rings (SSSR count). The van der Waals surface area contributed by atoms with Gasteiger partial charge in [0, 0.05) is 0 Å². The van der Waals surface area contributed by atoms with Crippen molar-refractivity contribution in [3.05, 3.63) is 34.1 Å². The third-order valence-electron chi connectivity index (χ3n) is 3.40. The SMILES string of the molecule is CC.CCOc1ncnc(Cl)c1C(=O)OC.COC(=O)c1c(Cl)ncnc1OC1CC1. The van der Waals surface area contributed by atoms with Crippen LogP contribution in [0.5, 0.6) is 11.8 Å². The Balaban J connectivity index is 0.000000288. The molecular formula is C19H24Cl2N4O6. The van der Waals surface area contributed by atoms with Crippen molar-refractivity contribution >= 4 is 35.1 Å². The van der Waals surface area contributed by atoms with E-state index in [1.54, 1.807) is 6.92 Å². The van der Waals surface area contributed by atoms with Crippen LogP contribution in [0.1, 0.15) is 54.3 Å². The number of rotatable bonds is 6. The van der Waals surface area contributed by atoms with Crippen molar-refractivity contribution in [2.75, 3.05) is 20.8 Å². The minimum absolute atomic E-state index is 0.0234. The van der Waals surface area contributed by atoms with E-state index in [9.17, 15) is 9.59 Å². The van der Waals surface area contributed by atoms with Gasteiger partial charge in [0.2, 0.25) is 11.8 Å². The van der Waals surface area contributed by atoms with Crippen LogP contribution in [0.15, 0.2) is 12.7 Å². The zero-order valence-corrected chi connectivity index (χ0v) is 19.4. The fourth-order valence-corrected chi connectivity index (χ4v) is 2.33. The molecule has 0 N–H and O–H groups in total. The number of nitrogens with zero attached hydrogens (tertiary/aromatic N) is 4. The molecule has 1 aliphatic carbocycles. The Hall–Kier alpha value is -2.72. The lowest BCUT2D eigenvalue weighted by atomic mass is 10.3. The van der Waals surface area contributed by atoms with Crippen LogP contribution in [0.4, 0.5) is 0 Å². The van der Waals surface area contributed by atoms with Gasteiger partial charge in [0.1, 0.15) is 18.8 Å². The minimum Gasteiger partial charge on any atom is -0.477 e. The van der Waals surface area contributed by atoms with Gasteiger partial charge in [-0.1, -0.05) is 37.0 Å². The van der Waals surface area contributed by atoms with Crippen LogP contribution < -0.4 is 9.47 Å². The summed E-state index contributed by atoms with van der Waals surface area (Å²) in [5, 5.41) is 0.0720. The largest absolute Gasteiger partial charge is 0.477 e. The highest BCUT2D eigenvalue weighted by atomic mass is 35.5. The lowest BCUT2D eigenvalue weighted by molar-refractivity contribution is 0.0585. The van der Waals surface area contributed by atoms with Crippen LogP contribution in [0.25, 0.3) is 0 Å². The fraction of sp³-hybridized carbons (Fsp3) is 0.474. The van der Waals surface area contributed by atoms with Crippen molar-refractivity contribution < 1.29 is 28.5 Å². The van der Waals surface area contributed by atoms with Gasteiger partial charge in [-0.2, -0.15) is 0 Å². The first-order valence-electron chi connectivity index (χ1n) is 9.39. The summed E-state index contributed by atoms with van der Waals surface area (Å²) in [4.78, 5) is 37.7. The predicted molar refractivity (Wildman–Crippen MR) is 113 cm³/mol. The van der Waals surface area contributed by atoms with E-state index in [4.69, 9.17) is 32.7 Å². The summed E-state index contributed by atoms with van der Waals surface area (Å²) >= 11 is 11.5. The maximum atomic E-state index is 11.4. The van der Waals surface area contributed by atoms with Crippen LogP contribution in [0, 0.1) is 0 Å². The van der Waals surface area contributed by atoms with Crippen molar-refractivity contribution in [2.45, 2.75) is 39.7 Å². The molecule has 2 heterocycles. The van der Waals surface area contributed by atoms with E-state index >= 15 is 0 Å². The number of carbonyl (C=O) groups is 2. The summed E-state index contributed by atoms with van der Waals surface area (Å²) in [7, 11) is 2.52. The zero-order chi connectivity index (χ0) is 23.4. The average molecular weight is 475 g/mol. The molecule has 0 saturated heterocycles. The number of esters is 2. The molecule has 0 spiro atoms. The summed E-state index contributed by atoms with van der Waals surface area (Å²) in [5.41, 5.74) is 0.145. The van der Waals surface area contributed by atoms with Crippen molar-refractivity contribution in [1.82, 2.24) is 19.9 Å². The standard InChI is InChI=1S/C9H9ClN2O3.C8H9ClN2O3.C2H6/c1-14-9(13)6-7(10)11-4-12-8(6)15-5-2-3-5;1-3-14-7-5(8(12)13-2)6(9)10-4-11-7;1-2/h4-5H,2-3H2,1H3;4H,3H2,1-2H3;1-2H3. The predicted octanol–water partition coefficient (Wildman–Crippen LogP) is 3.80. The Labute approximate surface area is 190 Å². The number of halogens is 2. The van der Waals surface area contributed by atoms with Gasteiger partial charge in [-0.05, 0) is 19.8 Å². The number of ether oxygens (including phenoxy) is 4. The molecule has 0 radical (unpaired) electrons. The first-order valence-corrected chi connectivity index (χ1v) is 10.2.